The zero-order valence-corrected chi connectivity index (χ0v) is 13.3. The van der Waals surface area contributed by atoms with Crippen LogP contribution in [-0.2, 0) is 9.31 Å². The van der Waals surface area contributed by atoms with Gasteiger partial charge in [-0.25, -0.2) is 0 Å². The quantitative estimate of drug-likeness (QED) is 0.722. The Morgan fingerprint density at radius 3 is 1.72 bits per heavy atom. The van der Waals surface area contributed by atoms with E-state index in [-0.39, 0.29) is 5.44 Å². The normalized spacial score (nSPS) is 23.9. The van der Waals surface area contributed by atoms with Crippen molar-refractivity contribution in [1.29, 1.82) is 0 Å². The largest absolute Gasteiger partial charge is 0.462 e. The molecule has 18 heavy (non-hydrogen) atoms. The molecule has 6 heteroatoms. The molecule has 1 fully saturated rings. The molecule has 0 N–H and O–H groups in total. The summed E-state index contributed by atoms with van der Waals surface area (Å²) in [5.74, 6) is 0. The molecule has 2 nitrogen and oxygen atoms in total. The smallest absolute Gasteiger partial charge is 0.403 e. The maximum absolute atomic E-state index is 12.6. The maximum Gasteiger partial charge on any atom is 0.462 e. The van der Waals surface area contributed by atoms with Crippen molar-refractivity contribution in [3.05, 3.63) is 12.2 Å². The van der Waals surface area contributed by atoms with Crippen LogP contribution < -0.4 is 0 Å². The topological polar surface area (TPSA) is 18.5 Å². The first-order valence-electron chi connectivity index (χ1n) is 6.25. The van der Waals surface area contributed by atoms with Gasteiger partial charge in [0.25, 0.3) is 6.08 Å². The van der Waals surface area contributed by atoms with E-state index in [9.17, 15) is 8.78 Å². The fourth-order valence-electron chi connectivity index (χ4n) is 1.91. The van der Waals surface area contributed by atoms with Crippen LogP contribution in [0.15, 0.2) is 12.2 Å². The summed E-state index contributed by atoms with van der Waals surface area (Å²) < 4.78 is 37.0. The second-order valence-electron chi connectivity index (χ2n) is 6.97. The highest BCUT2D eigenvalue weighted by atomic mass is 28.3. The van der Waals surface area contributed by atoms with Gasteiger partial charge < -0.3 is 9.31 Å². The van der Waals surface area contributed by atoms with Gasteiger partial charge in [0.05, 0.1) is 19.3 Å². The summed E-state index contributed by atoms with van der Waals surface area (Å²) in [6.45, 7) is 13.9. The van der Waals surface area contributed by atoms with E-state index in [1.54, 1.807) is 0 Å². The molecular formula is C12H23BF2O2Si. The summed E-state index contributed by atoms with van der Waals surface area (Å²) in [7, 11) is -2.43. The molecule has 0 aromatic carbocycles. The second kappa shape index (κ2) is 4.72. The minimum atomic E-state index is -1.85. The first kappa shape index (κ1) is 15.9. The fraction of sp³-hybridized carbons (Fsp3) is 0.833. The summed E-state index contributed by atoms with van der Waals surface area (Å²) in [6, 6.07) is 0. The number of halogens is 2. The summed E-state index contributed by atoms with van der Waals surface area (Å²) in [6.07, 6.45) is -0.647. The molecule has 0 radical (unpaired) electrons. The highest BCUT2D eigenvalue weighted by Crippen LogP contribution is 2.43. The fourth-order valence-corrected chi connectivity index (χ4v) is 3.49. The minimum Gasteiger partial charge on any atom is -0.403 e. The van der Waals surface area contributed by atoms with Crippen LogP contribution in [-0.4, -0.2) is 26.4 Å². The van der Waals surface area contributed by atoms with Gasteiger partial charge in [-0.05, 0) is 33.8 Å². The van der Waals surface area contributed by atoms with E-state index in [0.29, 0.717) is 0 Å². The third-order valence-corrected chi connectivity index (χ3v) is 6.31. The first-order valence-corrected chi connectivity index (χ1v) is 9.83. The Morgan fingerprint density at radius 2 is 1.44 bits per heavy atom. The predicted octanol–water partition coefficient (Wildman–Crippen LogP) is 4.11. The molecule has 1 atom stereocenters. The Labute approximate surface area is 110 Å². The zero-order valence-electron chi connectivity index (χ0n) is 12.3. The molecule has 0 unspecified atom stereocenters. The third kappa shape index (κ3) is 3.22. The second-order valence-corrected chi connectivity index (χ2v) is 12.4. The Morgan fingerprint density at radius 1 is 1.06 bits per heavy atom. The van der Waals surface area contributed by atoms with Crippen LogP contribution in [0.3, 0.4) is 0 Å². The molecular weight excluding hydrogens is 253 g/mol. The Bertz CT molecular complexity index is 330. The third-order valence-electron chi connectivity index (χ3n) is 3.87. The molecule has 1 rings (SSSR count). The van der Waals surface area contributed by atoms with Gasteiger partial charge in [0, 0.05) is 5.44 Å². The first-order chi connectivity index (χ1) is 7.87. The number of hydrogen-bond donors (Lipinski definition) is 0. The van der Waals surface area contributed by atoms with Gasteiger partial charge in [0.2, 0.25) is 0 Å². The average molecular weight is 276 g/mol. The highest BCUT2D eigenvalue weighted by molar-refractivity contribution is 6.87. The van der Waals surface area contributed by atoms with Crippen molar-refractivity contribution in [3.8, 4) is 0 Å². The lowest BCUT2D eigenvalue weighted by molar-refractivity contribution is 0.00578. The summed E-state index contributed by atoms with van der Waals surface area (Å²) >= 11 is 0. The highest BCUT2D eigenvalue weighted by Gasteiger charge is 2.55. The van der Waals surface area contributed by atoms with E-state index in [1.165, 1.54) is 0 Å². The van der Waals surface area contributed by atoms with Gasteiger partial charge >= 0.3 is 7.12 Å². The lowest BCUT2D eigenvalue weighted by Gasteiger charge is -2.32. The molecule has 0 aliphatic carbocycles. The molecule has 1 heterocycles. The van der Waals surface area contributed by atoms with Crippen LogP contribution in [0.25, 0.3) is 0 Å². The molecule has 1 aliphatic heterocycles. The minimum absolute atomic E-state index is 0.344. The van der Waals surface area contributed by atoms with Crippen molar-refractivity contribution >= 4 is 15.2 Å². The Kier molecular flexibility index (Phi) is 4.16. The van der Waals surface area contributed by atoms with E-state index in [1.807, 2.05) is 47.3 Å². The van der Waals surface area contributed by atoms with Crippen LogP contribution >= 0.6 is 0 Å². The van der Waals surface area contributed by atoms with E-state index < -0.39 is 32.5 Å². The van der Waals surface area contributed by atoms with Crippen LogP contribution in [0.4, 0.5) is 8.78 Å². The van der Waals surface area contributed by atoms with Crippen molar-refractivity contribution in [2.24, 2.45) is 0 Å². The van der Waals surface area contributed by atoms with Crippen molar-refractivity contribution in [3.63, 3.8) is 0 Å². The van der Waals surface area contributed by atoms with Gasteiger partial charge in [0.15, 0.2) is 0 Å². The Balaban J connectivity index is 3.02. The van der Waals surface area contributed by atoms with Crippen LogP contribution in [0.1, 0.15) is 27.7 Å². The van der Waals surface area contributed by atoms with Crippen molar-refractivity contribution < 1.29 is 18.1 Å². The lowest BCUT2D eigenvalue weighted by atomic mass is 9.84. The molecule has 1 saturated heterocycles. The summed E-state index contributed by atoms with van der Waals surface area (Å²) in [5, 5.41) is 0. The zero-order chi connectivity index (χ0) is 14.4. The SMILES string of the molecule is CC1(C)OB([C@H](C=C(F)F)[Si](C)(C)C)OC1(C)C. The van der Waals surface area contributed by atoms with Gasteiger partial charge in [0.1, 0.15) is 0 Å². The molecule has 0 aromatic rings. The maximum atomic E-state index is 12.6. The summed E-state index contributed by atoms with van der Waals surface area (Å²) in [4.78, 5) is 0. The molecule has 0 amide bonds. The monoisotopic (exact) mass is 276 g/mol. The van der Waals surface area contributed by atoms with Crippen molar-refractivity contribution in [1.82, 2.24) is 0 Å². The van der Waals surface area contributed by atoms with Crippen LogP contribution in [0.2, 0.25) is 25.1 Å². The van der Waals surface area contributed by atoms with Gasteiger partial charge in [-0.3, -0.25) is 0 Å². The van der Waals surface area contributed by atoms with E-state index in [0.717, 1.165) is 6.08 Å². The Hall–Kier alpha value is -0.198. The van der Waals surface area contributed by atoms with Gasteiger partial charge in [-0.2, -0.15) is 8.78 Å². The number of hydrogen-bond acceptors (Lipinski definition) is 2. The van der Waals surface area contributed by atoms with Gasteiger partial charge in [-0.1, -0.05) is 19.6 Å². The van der Waals surface area contributed by atoms with Crippen molar-refractivity contribution in [2.45, 2.75) is 64.0 Å². The van der Waals surface area contributed by atoms with E-state index >= 15 is 0 Å². The van der Waals surface area contributed by atoms with Crippen LogP contribution in [0.5, 0.6) is 0 Å². The number of rotatable bonds is 3. The molecule has 0 spiro atoms. The molecule has 1 aliphatic rings. The summed E-state index contributed by atoms with van der Waals surface area (Å²) in [5.41, 5.74) is -1.30. The van der Waals surface area contributed by atoms with E-state index in [2.05, 4.69) is 0 Å². The lowest BCUT2D eigenvalue weighted by Crippen LogP contribution is -2.41. The van der Waals surface area contributed by atoms with Gasteiger partial charge in [-0.15, -0.1) is 0 Å². The average Bonchev–Trinajstić information content (AvgIpc) is 2.29. The van der Waals surface area contributed by atoms with Crippen molar-refractivity contribution in [2.75, 3.05) is 0 Å². The molecule has 0 bridgehead atoms. The van der Waals surface area contributed by atoms with E-state index in [4.69, 9.17) is 9.31 Å². The number of allylic oxidation sites excluding steroid dienone is 1. The molecule has 0 aromatic heterocycles. The van der Waals surface area contributed by atoms with Crippen LogP contribution in [0, 0.1) is 0 Å². The molecule has 0 saturated carbocycles. The molecule has 104 valence electrons. The standard InChI is InChI=1S/C12H23BF2O2Si/c1-11(2)12(3,4)17-13(16-11)9(8-10(14)15)18(5,6)7/h8-9H,1-7H3/t9-/m0/s1. The predicted molar refractivity (Wildman–Crippen MR) is 73.5 cm³/mol.